The van der Waals surface area contributed by atoms with E-state index in [4.69, 9.17) is 11.6 Å². The first-order valence-electron chi connectivity index (χ1n) is 5.56. The van der Waals surface area contributed by atoms with Gasteiger partial charge < -0.3 is 10.4 Å². The number of halogens is 1. The number of aliphatic carboxylic acids is 1. The number of rotatable bonds is 4. The SMILES string of the molecule is CC(Nc1ccc(Cl)cc1)(C(=O)O)c1cnccn1. The van der Waals surface area contributed by atoms with Crippen molar-refractivity contribution in [3.8, 4) is 0 Å². The van der Waals surface area contributed by atoms with Crippen molar-refractivity contribution in [3.63, 3.8) is 0 Å². The summed E-state index contributed by atoms with van der Waals surface area (Å²) in [5, 5.41) is 13.0. The van der Waals surface area contributed by atoms with Crippen molar-refractivity contribution in [1.82, 2.24) is 9.97 Å². The minimum absolute atomic E-state index is 0.331. The second-order valence-corrected chi connectivity index (χ2v) is 4.59. The van der Waals surface area contributed by atoms with Crippen LogP contribution in [-0.2, 0) is 10.3 Å². The third-order valence-corrected chi connectivity index (χ3v) is 2.99. The summed E-state index contributed by atoms with van der Waals surface area (Å²) in [5.74, 6) is -1.04. The number of nitrogens with zero attached hydrogens (tertiary/aromatic N) is 2. The lowest BCUT2D eigenvalue weighted by Gasteiger charge is -2.26. The molecule has 1 heterocycles. The Kier molecular flexibility index (Phi) is 3.66. The first-order valence-corrected chi connectivity index (χ1v) is 5.94. The van der Waals surface area contributed by atoms with E-state index < -0.39 is 11.5 Å². The summed E-state index contributed by atoms with van der Waals surface area (Å²) in [6.45, 7) is 1.54. The Balaban J connectivity index is 2.36. The van der Waals surface area contributed by atoms with E-state index in [2.05, 4.69) is 15.3 Å². The molecule has 5 nitrogen and oxygen atoms in total. The predicted molar refractivity (Wildman–Crippen MR) is 72.1 cm³/mol. The molecule has 19 heavy (non-hydrogen) atoms. The molecule has 0 saturated carbocycles. The molecule has 0 fully saturated rings. The molecule has 0 spiro atoms. The summed E-state index contributed by atoms with van der Waals surface area (Å²) < 4.78 is 0. The molecule has 1 atom stereocenters. The Morgan fingerprint density at radius 1 is 1.32 bits per heavy atom. The number of carboxylic acids is 1. The van der Waals surface area contributed by atoms with Crippen LogP contribution in [0, 0.1) is 0 Å². The second kappa shape index (κ2) is 5.24. The summed E-state index contributed by atoms with van der Waals surface area (Å²) in [7, 11) is 0. The maximum atomic E-state index is 11.5. The number of aromatic nitrogens is 2. The summed E-state index contributed by atoms with van der Waals surface area (Å²) in [4.78, 5) is 19.5. The van der Waals surface area contributed by atoms with Gasteiger partial charge in [-0.05, 0) is 31.2 Å². The van der Waals surface area contributed by atoms with Gasteiger partial charge in [-0.3, -0.25) is 9.97 Å². The van der Waals surface area contributed by atoms with E-state index in [0.29, 0.717) is 16.4 Å². The fourth-order valence-electron chi connectivity index (χ4n) is 1.61. The van der Waals surface area contributed by atoms with Gasteiger partial charge in [0.15, 0.2) is 5.54 Å². The highest BCUT2D eigenvalue weighted by atomic mass is 35.5. The van der Waals surface area contributed by atoms with E-state index in [1.165, 1.54) is 25.5 Å². The zero-order valence-electron chi connectivity index (χ0n) is 10.2. The van der Waals surface area contributed by atoms with Gasteiger partial charge in [-0.15, -0.1) is 0 Å². The molecular formula is C13H12ClN3O2. The first kappa shape index (κ1) is 13.3. The number of carboxylic acid groups (broad SMARTS) is 1. The number of anilines is 1. The van der Waals surface area contributed by atoms with Gasteiger partial charge >= 0.3 is 5.97 Å². The van der Waals surface area contributed by atoms with Crippen LogP contribution in [0.3, 0.4) is 0 Å². The lowest BCUT2D eigenvalue weighted by atomic mass is 9.98. The van der Waals surface area contributed by atoms with Gasteiger partial charge in [0, 0.05) is 23.1 Å². The second-order valence-electron chi connectivity index (χ2n) is 4.15. The third-order valence-electron chi connectivity index (χ3n) is 2.74. The van der Waals surface area contributed by atoms with E-state index in [-0.39, 0.29) is 0 Å². The van der Waals surface area contributed by atoms with Crippen LogP contribution in [0.1, 0.15) is 12.6 Å². The number of nitrogens with one attached hydrogen (secondary N) is 1. The molecule has 1 unspecified atom stereocenters. The van der Waals surface area contributed by atoms with E-state index >= 15 is 0 Å². The van der Waals surface area contributed by atoms with Crippen molar-refractivity contribution in [2.24, 2.45) is 0 Å². The van der Waals surface area contributed by atoms with Crippen LogP contribution < -0.4 is 5.32 Å². The summed E-state index contributed by atoms with van der Waals surface area (Å²) in [6.07, 6.45) is 4.38. The fourth-order valence-corrected chi connectivity index (χ4v) is 1.73. The number of benzene rings is 1. The summed E-state index contributed by atoms with van der Waals surface area (Å²) in [6, 6.07) is 6.78. The Bertz CT molecular complexity index is 574. The predicted octanol–water partition coefficient (Wildman–Crippen LogP) is 2.54. The zero-order valence-corrected chi connectivity index (χ0v) is 10.9. The van der Waals surface area contributed by atoms with Crippen molar-refractivity contribution in [2.45, 2.75) is 12.5 Å². The smallest absolute Gasteiger partial charge is 0.335 e. The van der Waals surface area contributed by atoms with Gasteiger partial charge in [-0.25, -0.2) is 4.79 Å². The average molecular weight is 278 g/mol. The lowest BCUT2D eigenvalue weighted by Crippen LogP contribution is -2.41. The molecule has 0 saturated heterocycles. The maximum absolute atomic E-state index is 11.5. The average Bonchev–Trinajstić information content (AvgIpc) is 2.42. The summed E-state index contributed by atoms with van der Waals surface area (Å²) >= 11 is 5.80. The molecule has 0 radical (unpaired) electrons. The quantitative estimate of drug-likeness (QED) is 0.898. The van der Waals surface area contributed by atoms with Crippen molar-refractivity contribution in [3.05, 3.63) is 53.6 Å². The molecule has 2 N–H and O–H groups in total. The monoisotopic (exact) mass is 277 g/mol. The lowest BCUT2D eigenvalue weighted by molar-refractivity contribution is -0.142. The van der Waals surface area contributed by atoms with Crippen LogP contribution in [0.2, 0.25) is 5.02 Å². The van der Waals surface area contributed by atoms with Crippen molar-refractivity contribution < 1.29 is 9.90 Å². The van der Waals surface area contributed by atoms with Gasteiger partial charge in [-0.2, -0.15) is 0 Å². The van der Waals surface area contributed by atoms with Crippen molar-refractivity contribution >= 4 is 23.3 Å². The molecule has 98 valence electrons. The highest BCUT2D eigenvalue weighted by Gasteiger charge is 2.37. The Morgan fingerprint density at radius 3 is 2.53 bits per heavy atom. The molecule has 1 aromatic heterocycles. The molecule has 0 bridgehead atoms. The first-order chi connectivity index (χ1) is 9.02. The van der Waals surface area contributed by atoms with Crippen LogP contribution in [0.4, 0.5) is 5.69 Å². The van der Waals surface area contributed by atoms with Crippen molar-refractivity contribution in [1.29, 1.82) is 0 Å². The van der Waals surface area contributed by atoms with Crippen LogP contribution in [-0.4, -0.2) is 21.0 Å². The highest BCUT2D eigenvalue weighted by Crippen LogP contribution is 2.25. The maximum Gasteiger partial charge on any atom is 0.335 e. The number of hydrogen-bond donors (Lipinski definition) is 2. The van der Waals surface area contributed by atoms with Gasteiger partial charge in [0.25, 0.3) is 0 Å². The fraction of sp³-hybridized carbons (Fsp3) is 0.154. The molecule has 2 aromatic rings. The largest absolute Gasteiger partial charge is 0.479 e. The van der Waals surface area contributed by atoms with Crippen LogP contribution in [0.25, 0.3) is 0 Å². The molecule has 6 heteroatoms. The van der Waals surface area contributed by atoms with E-state index in [9.17, 15) is 9.90 Å². The Hall–Kier alpha value is -2.14. The van der Waals surface area contributed by atoms with Gasteiger partial charge in [0.2, 0.25) is 0 Å². The van der Waals surface area contributed by atoms with E-state index in [1.54, 1.807) is 24.3 Å². The third kappa shape index (κ3) is 2.82. The minimum Gasteiger partial charge on any atom is -0.479 e. The molecule has 2 rings (SSSR count). The van der Waals surface area contributed by atoms with E-state index in [1.807, 2.05) is 0 Å². The Labute approximate surface area is 115 Å². The normalized spacial score (nSPS) is 13.6. The van der Waals surface area contributed by atoms with Gasteiger partial charge in [0.1, 0.15) is 0 Å². The van der Waals surface area contributed by atoms with Crippen LogP contribution in [0.15, 0.2) is 42.9 Å². The van der Waals surface area contributed by atoms with Crippen LogP contribution >= 0.6 is 11.6 Å². The van der Waals surface area contributed by atoms with E-state index in [0.717, 1.165) is 0 Å². The minimum atomic E-state index is -1.36. The molecule has 0 aliphatic carbocycles. The number of hydrogen-bond acceptors (Lipinski definition) is 4. The molecule has 1 aromatic carbocycles. The standard InChI is InChI=1S/C13H12ClN3O2/c1-13(12(18)19,11-8-15-6-7-16-11)17-10-4-2-9(14)3-5-10/h2-8,17H,1H3,(H,18,19). The molecular weight excluding hydrogens is 266 g/mol. The number of carbonyl (C=O) groups is 1. The molecule has 0 aliphatic rings. The topological polar surface area (TPSA) is 75.1 Å². The zero-order chi connectivity index (χ0) is 13.9. The van der Waals surface area contributed by atoms with Gasteiger partial charge in [-0.1, -0.05) is 11.6 Å². The van der Waals surface area contributed by atoms with Crippen molar-refractivity contribution in [2.75, 3.05) is 5.32 Å². The highest BCUT2D eigenvalue weighted by molar-refractivity contribution is 6.30. The van der Waals surface area contributed by atoms with Gasteiger partial charge in [0.05, 0.1) is 11.9 Å². The summed E-state index contributed by atoms with van der Waals surface area (Å²) in [5.41, 5.74) is -0.389. The van der Waals surface area contributed by atoms with Crippen LogP contribution in [0.5, 0.6) is 0 Å². The molecule has 0 amide bonds. The Morgan fingerprint density at radius 2 is 2.00 bits per heavy atom. The molecule has 0 aliphatic heterocycles.